The number of para-hydroxylation sites is 1. The molecule has 1 saturated heterocycles. The van der Waals surface area contributed by atoms with Crippen LogP contribution in [0.3, 0.4) is 0 Å². The van der Waals surface area contributed by atoms with E-state index in [1.54, 1.807) is 11.3 Å². The molecular weight excluding hydrogens is 310 g/mol. The highest BCUT2D eigenvalue weighted by molar-refractivity contribution is 7.22. The number of fused-ring (bicyclic) bond motifs is 1. The van der Waals surface area contributed by atoms with E-state index in [2.05, 4.69) is 16.4 Å². The van der Waals surface area contributed by atoms with Crippen molar-refractivity contribution in [1.29, 1.82) is 0 Å². The van der Waals surface area contributed by atoms with Crippen LogP contribution < -0.4 is 5.32 Å². The van der Waals surface area contributed by atoms with Crippen molar-refractivity contribution in [2.24, 2.45) is 0 Å². The van der Waals surface area contributed by atoms with Crippen LogP contribution in [0, 0.1) is 0 Å². The number of nitrogens with one attached hydrogen (secondary N) is 1. The van der Waals surface area contributed by atoms with Gasteiger partial charge in [-0.25, -0.2) is 9.78 Å². The van der Waals surface area contributed by atoms with E-state index in [4.69, 9.17) is 4.74 Å². The van der Waals surface area contributed by atoms with Gasteiger partial charge in [0, 0.05) is 13.1 Å². The number of nitrogens with zero attached hydrogens (tertiary/aromatic N) is 2. The Morgan fingerprint density at radius 2 is 2.22 bits per heavy atom. The Labute approximate surface area is 140 Å². The van der Waals surface area contributed by atoms with Gasteiger partial charge in [-0.05, 0) is 45.7 Å². The Hall–Kier alpha value is -1.82. The number of anilines is 1. The van der Waals surface area contributed by atoms with E-state index in [-0.39, 0.29) is 12.1 Å². The smallest absolute Gasteiger partial charge is 0.410 e. The highest BCUT2D eigenvalue weighted by Crippen LogP contribution is 2.26. The number of likely N-dealkylation sites (tertiary alicyclic amines) is 1. The molecule has 0 radical (unpaired) electrons. The van der Waals surface area contributed by atoms with E-state index >= 15 is 0 Å². The molecular formula is C17H23N3O2S. The van der Waals surface area contributed by atoms with Crippen LogP contribution in [0.4, 0.5) is 9.93 Å². The minimum Gasteiger partial charge on any atom is -0.444 e. The normalized spacial score (nSPS) is 18.4. The van der Waals surface area contributed by atoms with Crippen molar-refractivity contribution in [1.82, 2.24) is 9.88 Å². The summed E-state index contributed by atoms with van der Waals surface area (Å²) < 4.78 is 6.67. The number of thiazole rings is 1. The predicted molar refractivity (Wildman–Crippen MR) is 94.1 cm³/mol. The fourth-order valence-electron chi connectivity index (χ4n) is 2.76. The zero-order valence-corrected chi connectivity index (χ0v) is 14.7. The number of rotatable bonds is 3. The van der Waals surface area contributed by atoms with Gasteiger partial charge in [-0.1, -0.05) is 23.5 Å². The average molecular weight is 333 g/mol. The topological polar surface area (TPSA) is 54.5 Å². The fraction of sp³-hybridized carbons (Fsp3) is 0.529. The molecule has 0 spiro atoms. The quantitative estimate of drug-likeness (QED) is 0.918. The molecule has 1 aromatic heterocycles. The molecule has 3 rings (SSSR count). The lowest BCUT2D eigenvalue weighted by Gasteiger charge is -2.28. The Bertz CT molecular complexity index is 659. The molecule has 0 unspecified atom stereocenters. The van der Waals surface area contributed by atoms with Crippen molar-refractivity contribution in [2.45, 2.75) is 45.3 Å². The van der Waals surface area contributed by atoms with Crippen molar-refractivity contribution >= 4 is 32.8 Å². The monoisotopic (exact) mass is 333 g/mol. The van der Waals surface area contributed by atoms with Crippen LogP contribution >= 0.6 is 11.3 Å². The maximum atomic E-state index is 12.3. The van der Waals surface area contributed by atoms with Crippen LogP contribution in [0.25, 0.3) is 10.2 Å². The lowest BCUT2D eigenvalue weighted by Crippen LogP contribution is -2.42. The third-order valence-corrected chi connectivity index (χ3v) is 4.78. The first-order chi connectivity index (χ1) is 10.9. The summed E-state index contributed by atoms with van der Waals surface area (Å²) in [6, 6.07) is 8.26. The Morgan fingerprint density at radius 3 is 2.96 bits per heavy atom. The van der Waals surface area contributed by atoms with Gasteiger partial charge in [0.25, 0.3) is 0 Å². The largest absolute Gasteiger partial charge is 0.444 e. The maximum absolute atomic E-state index is 12.3. The van der Waals surface area contributed by atoms with Gasteiger partial charge in [0.15, 0.2) is 5.13 Å². The molecule has 0 aliphatic carbocycles. The first kappa shape index (κ1) is 16.1. The highest BCUT2D eigenvalue weighted by atomic mass is 32.1. The van der Waals surface area contributed by atoms with Gasteiger partial charge in [-0.3, -0.25) is 0 Å². The summed E-state index contributed by atoms with van der Waals surface area (Å²) in [4.78, 5) is 18.7. The summed E-state index contributed by atoms with van der Waals surface area (Å²) in [5.41, 5.74) is 0.556. The number of ether oxygens (including phenoxy) is 1. The minimum absolute atomic E-state index is 0.164. The minimum atomic E-state index is -0.454. The molecule has 0 bridgehead atoms. The van der Waals surface area contributed by atoms with Crippen LogP contribution in [0.2, 0.25) is 0 Å². The summed E-state index contributed by atoms with van der Waals surface area (Å²) in [6.45, 7) is 7.17. The second-order valence-electron chi connectivity index (χ2n) is 6.84. The van der Waals surface area contributed by atoms with Gasteiger partial charge >= 0.3 is 6.09 Å². The number of amides is 1. The van der Waals surface area contributed by atoms with Crippen molar-refractivity contribution in [3.63, 3.8) is 0 Å². The number of carbonyl (C=O) groups excluding carboxylic acids is 1. The molecule has 1 amide bonds. The van der Waals surface area contributed by atoms with E-state index < -0.39 is 5.60 Å². The molecule has 1 N–H and O–H groups in total. The molecule has 2 aromatic rings. The Morgan fingerprint density at radius 1 is 1.43 bits per heavy atom. The molecule has 1 aromatic carbocycles. The Balaban J connectivity index is 1.61. The van der Waals surface area contributed by atoms with E-state index in [1.165, 1.54) is 4.70 Å². The van der Waals surface area contributed by atoms with Gasteiger partial charge in [-0.15, -0.1) is 0 Å². The summed E-state index contributed by atoms with van der Waals surface area (Å²) in [5, 5.41) is 4.29. The SMILES string of the molecule is CC(C)(C)OC(=O)N1CCC[C@H]1CNc1nc2ccccc2s1. The lowest BCUT2D eigenvalue weighted by atomic mass is 10.2. The molecule has 2 heterocycles. The zero-order chi connectivity index (χ0) is 16.4. The zero-order valence-electron chi connectivity index (χ0n) is 13.8. The van der Waals surface area contributed by atoms with Crippen molar-refractivity contribution in [2.75, 3.05) is 18.4 Å². The second-order valence-corrected chi connectivity index (χ2v) is 7.87. The van der Waals surface area contributed by atoms with Gasteiger partial charge in [0.2, 0.25) is 0 Å². The average Bonchev–Trinajstić information content (AvgIpc) is 3.09. The lowest BCUT2D eigenvalue weighted by molar-refractivity contribution is 0.0235. The fourth-order valence-corrected chi connectivity index (χ4v) is 3.63. The van der Waals surface area contributed by atoms with Crippen molar-refractivity contribution in [3.8, 4) is 0 Å². The molecule has 0 saturated carbocycles. The number of hydrogen-bond donors (Lipinski definition) is 1. The Kier molecular flexibility index (Phi) is 4.43. The first-order valence-electron chi connectivity index (χ1n) is 8.01. The van der Waals surface area contributed by atoms with Crippen LogP contribution in [-0.2, 0) is 4.74 Å². The van der Waals surface area contributed by atoms with Crippen molar-refractivity contribution < 1.29 is 9.53 Å². The number of hydrogen-bond acceptors (Lipinski definition) is 5. The van der Waals surface area contributed by atoms with Crippen LogP contribution in [-0.4, -0.2) is 40.7 Å². The first-order valence-corrected chi connectivity index (χ1v) is 8.83. The summed E-state index contributed by atoms with van der Waals surface area (Å²) in [7, 11) is 0. The molecule has 1 aliphatic heterocycles. The van der Waals surface area contributed by atoms with E-state index in [0.29, 0.717) is 6.54 Å². The second kappa shape index (κ2) is 6.35. The van der Waals surface area contributed by atoms with Gasteiger partial charge < -0.3 is 15.0 Å². The van der Waals surface area contributed by atoms with E-state index in [1.807, 2.05) is 43.9 Å². The molecule has 1 aliphatic rings. The molecule has 23 heavy (non-hydrogen) atoms. The maximum Gasteiger partial charge on any atom is 0.410 e. The molecule has 5 nitrogen and oxygen atoms in total. The summed E-state index contributed by atoms with van der Waals surface area (Å²) >= 11 is 1.64. The highest BCUT2D eigenvalue weighted by Gasteiger charge is 2.32. The third-order valence-electron chi connectivity index (χ3n) is 3.79. The van der Waals surface area contributed by atoms with Crippen molar-refractivity contribution in [3.05, 3.63) is 24.3 Å². The van der Waals surface area contributed by atoms with Crippen LogP contribution in [0.5, 0.6) is 0 Å². The van der Waals surface area contributed by atoms with Gasteiger partial charge in [0.1, 0.15) is 5.60 Å². The predicted octanol–water partition coefficient (Wildman–Crippen LogP) is 4.11. The molecule has 1 fully saturated rings. The molecule has 1 atom stereocenters. The summed E-state index contributed by atoms with van der Waals surface area (Å²) in [6.07, 6.45) is 1.80. The third kappa shape index (κ3) is 3.93. The number of carbonyl (C=O) groups is 1. The van der Waals surface area contributed by atoms with Gasteiger partial charge in [-0.2, -0.15) is 0 Å². The van der Waals surface area contributed by atoms with E-state index in [0.717, 1.165) is 30.0 Å². The van der Waals surface area contributed by atoms with Gasteiger partial charge in [0.05, 0.1) is 16.3 Å². The standard InChI is InChI=1S/C17H23N3O2S/c1-17(2,3)22-16(21)20-10-6-7-12(20)11-18-15-19-13-8-4-5-9-14(13)23-15/h4-5,8-9,12H,6-7,10-11H2,1-3H3,(H,18,19)/t12-/m0/s1. The molecule has 124 valence electrons. The van der Waals surface area contributed by atoms with Crippen LogP contribution in [0.15, 0.2) is 24.3 Å². The van der Waals surface area contributed by atoms with Crippen LogP contribution in [0.1, 0.15) is 33.6 Å². The number of aromatic nitrogens is 1. The van der Waals surface area contributed by atoms with E-state index in [9.17, 15) is 4.79 Å². The molecule has 6 heteroatoms. The summed E-state index contributed by atoms with van der Waals surface area (Å²) in [5.74, 6) is 0. The number of benzene rings is 1.